The van der Waals surface area contributed by atoms with Gasteiger partial charge in [0.2, 0.25) is 0 Å². The van der Waals surface area contributed by atoms with Crippen LogP contribution in [0.1, 0.15) is 19.3 Å². The molecule has 0 unspecified atom stereocenters. The molecule has 0 radical (unpaired) electrons. The number of aromatic nitrogens is 4. The minimum atomic E-state index is 0.808. The summed E-state index contributed by atoms with van der Waals surface area (Å²) < 4.78 is 5.47. The van der Waals surface area contributed by atoms with Gasteiger partial charge in [0.1, 0.15) is 17.3 Å². The van der Waals surface area contributed by atoms with Gasteiger partial charge in [-0.3, -0.25) is 0 Å². The largest absolute Gasteiger partial charge is 0.497 e. The molecular formula is C23H23N5O. The molecule has 0 amide bonds. The quantitative estimate of drug-likeness (QED) is 0.552. The second-order valence-electron chi connectivity index (χ2n) is 7.34. The van der Waals surface area contributed by atoms with E-state index in [1.807, 2.05) is 18.2 Å². The number of ether oxygens (including phenoxy) is 1. The monoisotopic (exact) mass is 385 g/mol. The second kappa shape index (κ2) is 7.54. The van der Waals surface area contributed by atoms with Gasteiger partial charge in [-0.15, -0.1) is 0 Å². The summed E-state index contributed by atoms with van der Waals surface area (Å²) in [5, 5.41) is 12.4. The molecule has 6 nitrogen and oxygen atoms in total. The lowest BCUT2D eigenvalue weighted by Crippen LogP contribution is -2.30. The number of rotatable bonds is 4. The number of H-pyrrole nitrogens is 1. The Morgan fingerprint density at radius 3 is 2.52 bits per heavy atom. The first kappa shape index (κ1) is 17.7. The lowest BCUT2D eigenvalue weighted by Gasteiger charge is -2.30. The van der Waals surface area contributed by atoms with Crippen LogP contribution in [0, 0.1) is 0 Å². The molecule has 6 heteroatoms. The fourth-order valence-corrected chi connectivity index (χ4v) is 4.16. The maximum atomic E-state index is 5.47. The van der Waals surface area contributed by atoms with E-state index in [2.05, 4.69) is 50.6 Å². The van der Waals surface area contributed by atoms with Crippen molar-refractivity contribution in [2.24, 2.45) is 0 Å². The smallest absolute Gasteiger partial charge is 0.139 e. The van der Waals surface area contributed by atoms with E-state index in [1.54, 1.807) is 13.3 Å². The average molecular weight is 385 g/mol. The van der Waals surface area contributed by atoms with E-state index >= 15 is 0 Å². The summed E-state index contributed by atoms with van der Waals surface area (Å²) in [7, 11) is 1.69. The topological polar surface area (TPSA) is 66.9 Å². The van der Waals surface area contributed by atoms with E-state index in [0.717, 1.165) is 57.9 Å². The number of hydrogen-bond donors (Lipinski definition) is 1. The maximum absolute atomic E-state index is 5.47. The first-order chi connectivity index (χ1) is 14.3. The standard InChI is InChI=1S/C23H23N5O/c1-29-17-10-11-18-19(14-17)25-23(28-12-6-3-7-13-28)22(20-15-24-27-26-20)21(18)16-8-4-2-5-9-16/h2,4-5,8-11,14-15H,3,6-7,12-13H2,1H3,(H,24,26,27). The molecular weight excluding hydrogens is 362 g/mol. The SMILES string of the molecule is COc1ccc2c(-c3ccccc3)c(-c3cn[nH]n3)c(N3CCCCC3)nc2c1. The number of aromatic amines is 1. The Bertz CT molecular complexity index is 1120. The van der Waals surface area contributed by atoms with Crippen molar-refractivity contribution in [2.75, 3.05) is 25.1 Å². The molecule has 1 N–H and O–H groups in total. The molecule has 0 atom stereocenters. The fraction of sp³-hybridized carbons (Fsp3) is 0.261. The number of benzene rings is 2. The van der Waals surface area contributed by atoms with Gasteiger partial charge < -0.3 is 9.64 Å². The van der Waals surface area contributed by atoms with Gasteiger partial charge in [-0.25, -0.2) is 4.98 Å². The van der Waals surface area contributed by atoms with E-state index in [-0.39, 0.29) is 0 Å². The molecule has 29 heavy (non-hydrogen) atoms. The lowest BCUT2D eigenvalue weighted by atomic mass is 9.93. The summed E-state index contributed by atoms with van der Waals surface area (Å²) in [6.07, 6.45) is 5.41. The highest BCUT2D eigenvalue weighted by molar-refractivity contribution is 6.06. The molecule has 1 aliphatic heterocycles. The van der Waals surface area contributed by atoms with Crippen LogP contribution in [0.4, 0.5) is 5.82 Å². The third-order valence-corrected chi connectivity index (χ3v) is 5.56. The van der Waals surface area contributed by atoms with E-state index < -0.39 is 0 Å². The van der Waals surface area contributed by atoms with Crippen molar-refractivity contribution in [3.05, 3.63) is 54.7 Å². The average Bonchev–Trinajstić information content (AvgIpc) is 3.33. The van der Waals surface area contributed by atoms with Crippen LogP contribution in [0.25, 0.3) is 33.3 Å². The Kier molecular flexibility index (Phi) is 4.60. The van der Waals surface area contributed by atoms with E-state index in [1.165, 1.54) is 19.3 Å². The first-order valence-corrected chi connectivity index (χ1v) is 10.0. The van der Waals surface area contributed by atoms with Crippen LogP contribution in [-0.4, -0.2) is 40.6 Å². The minimum absolute atomic E-state index is 0.808. The Morgan fingerprint density at radius 1 is 0.966 bits per heavy atom. The Balaban J connectivity index is 1.87. The summed E-state index contributed by atoms with van der Waals surface area (Å²) in [6.45, 7) is 2.00. The molecule has 3 heterocycles. The molecule has 0 spiro atoms. The zero-order valence-electron chi connectivity index (χ0n) is 16.4. The van der Waals surface area contributed by atoms with Gasteiger partial charge in [0.15, 0.2) is 0 Å². The van der Waals surface area contributed by atoms with E-state index in [4.69, 9.17) is 9.72 Å². The third-order valence-electron chi connectivity index (χ3n) is 5.56. The van der Waals surface area contributed by atoms with Crippen LogP contribution in [0.3, 0.4) is 0 Å². The van der Waals surface area contributed by atoms with Crippen LogP contribution >= 0.6 is 0 Å². The van der Waals surface area contributed by atoms with Crippen LogP contribution in [-0.2, 0) is 0 Å². The van der Waals surface area contributed by atoms with Crippen LogP contribution in [0.15, 0.2) is 54.7 Å². The number of anilines is 1. The molecule has 2 aromatic carbocycles. The minimum Gasteiger partial charge on any atom is -0.497 e. The lowest BCUT2D eigenvalue weighted by molar-refractivity contribution is 0.415. The molecule has 1 aliphatic rings. The maximum Gasteiger partial charge on any atom is 0.139 e. The predicted octanol–water partition coefficient (Wildman–Crippen LogP) is 4.69. The highest BCUT2D eigenvalue weighted by atomic mass is 16.5. The number of hydrogen-bond acceptors (Lipinski definition) is 5. The molecule has 0 aliphatic carbocycles. The molecule has 1 fully saturated rings. The van der Waals surface area contributed by atoms with Crippen molar-refractivity contribution in [1.82, 2.24) is 20.4 Å². The predicted molar refractivity (Wildman–Crippen MR) is 115 cm³/mol. The highest BCUT2D eigenvalue weighted by Gasteiger charge is 2.24. The number of methoxy groups -OCH3 is 1. The number of fused-ring (bicyclic) bond motifs is 1. The van der Waals surface area contributed by atoms with E-state index in [9.17, 15) is 0 Å². The summed E-state index contributed by atoms with van der Waals surface area (Å²) in [5.74, 6) is 1.78. The fourth-order valence-electron chi connectivity index (χ4n) is 4.16. The van der Waals surface area contributed by atoms with Crippen molar-refractivity contribution < 1.29 is 4.74 Å². The van der Waals surface area contributed by atoms with Gasteiger partial charge in [-0.1, -0.05) is 30.3 Å². The second-order valence-corrected chi connectivity index (χ2v) is 7.34. The number of nitrogens with one attached hydrogen (secondary N) is 1. The van der Waals surface area contributed by atoms with Crippen molar-refractivity contribution in [1.29, 1.82) is 0 Å². The van der Waals surface area contributed by atoms with Gasteiger partial charge >= 0.3 is 0 Å². The van der Waals surface area contributed by atoms with Gasteiger partial charge in [-0.2, -0.15) is 15.4 Å². The molecule has 2 aromatic heterocycles. The van der Waals surface area contributed by atoms with Crippen molar-refractivity contribution in [2.45, 2.75) is 19.3 Å². The van der Waals surface area contributed by atoms with Crippen LogP contribution in [0.5, 0.6) is 5.75 Å². The molecule has 1 saturated heterocycles. The molecule has 146 valence electrons. The van der Waals surface area contributed by atoms with Gasteiger partial charge in [0.25, 0.3) is 0 Å². The molecule has 5 rings (SSSR count). The highest BCUT2D eigenvalue weighted by Crippen LogP contribution is 2.43. The molecule has 0 bridgehead atoms. The van der Waals surface area contributed by atoms with E-state index in [0.29, 0.717) is 0 Å². The van der Waals surface area contributed by atoms with Crippen LogP contribution in [0.2, 0.25) is 0 Å². The number of pyridine rings is 1. The number of nitrogens with zero attached hydrogens (tertiary/aromatic N) is 4. The van der Waals surface area contributed by atoms with Crippen molar-refractivity contribution >= 4 is 16.7 Å². The molecule has 4 aromatic rings. The molecule has 0 saturated carbocycles. The first-order valence-electron chi connectivity index (χ1n) is 10.0. The third kappa shape index (κ3) is 3.20. The Labute approximate surface area is 169 Å². The Morgan fingerprint density at radius 2 is 1.79 bits per heavy atom. The summed E-state index contributed by atoms with van der Waals surface area (Å²) >= 11 is 0. The van der Waals surface area contributed by atoms with Gasteiger partial charge in [-0.05, 0) is 37.0 Å². The zero-order valence-corrected chi connectivity index (χ0v) is 16.4. The normalized spacial score (nSPS) is 14.3. The van der Waals surface area contributed by atoms with Crippen molar-refractivity contribution in [3.63, 3.8) is 0 Å². The van der Waals surface area contributed by atoms with Gasteiger partial charge in [0, 0.05) is 30.1 Å². The van der Waals surface area contributed by atoms with Crippen LogP contribution < -0.4 is 9.64 Å². The number of piperidine rings is 1. The Hall–Kier alpha value is -3.41. The van der Waals surface area contributed by atoms with Gasteiger partial charge in [0.05, 0.1) is 24.4 Å². The zero-order chi connectivity index (χ0) is 19.6. The van der Waals surface area contributed by atoms with Crippen molar-refractivity contribution in [3.8, 4) is 28.1 Å². The summed E-state index contributed by atoms with van der Waals surface area (Å²) in [4.78, 5) is 7.50. The summed E-state index contributed by atoms with van der Waals surface area (Å²) in [5.41, 5.74) is 5.05. The summed E-state index contributed by atoms with van der Waals surface area (Å²) in [6, 6.07) is 16.6.